The van der Waals surface area contributed by atoms with E-state index in [1.54, 1.807) is 25.3 Å². The molecular weight excluding hydrogens is 151 g/mol. The fourth-order valence-electron chi connectivity index (χ4n) is 1.03. The van der Waals surface area contributed by atoms with Gasteiger partial charge < -0.3 is 9.53 Å². The summed E-state index contributed by atoms with van der Waals surface area (Å²) in [6.45, 7) is 1.87. The lowest BCUT2D eigenvalue weighted by Gasteiger charge is -2.04. The summed E-state index contributed by atoms with van der Waals surface area (Å²) in [4.78, 5) is 10.7. The standard InChI is InChI=1S/C9H9BO2/c1-6-5-7(9(10)11)3-4-8(6)12-2/h3-5H,1-2H3. The van der Waals surface area contributed by atoms with Crippen molar-refractivity contribution in [1.29, 1.82) is 0 Å². The van der Waals surface area contributed by atoms with E-state index in [-0.39, 0.29) is 0 Å². The predicted molar refractivity (Wildman–Crippen MR) is 47.8 cm³/mol. The molecule has 3 heteroatoms. The molecular formula is C9H9BO2. The average molecular weight is 160 g/mol. The molecule has 0 aliphatic carbocycles. The number of rotatable bonds is 2. The smallest absolute Gasteiger partial charge is 0.175 e. The van der Waals surface area contributed by atoms with Crippen molar-refractivity contribution in [2.24, 2.45) is 0 Å². The number of methoxy groups -OCH3 is 1. The third-order valence-corrected chi connectivity index (χ3v) is 1.68. The van der Waals surface area contributed by atoms with Gasteiger partial charge in [0.2, 0.25) is 0 Å². The molecule has 0 saturated heterocycles. The van der Waals surface area contributed by atoms with E-state index in [1.807, 2.05) is 6.92 Å². The van der Waals surface area contributed by atoms with Crippen LogP contribution in [0.5, 0.6) is 5.75 Å². The van der Waals surface area contributed by atoms with Gasteiger partial charge in [0.05, 0.1) is 7.11 Å². The van der Waals surface area contributed by atoms with Crippen molar-refractivity contribution >= 4 is 13.5 Å². The Balaban J connectivity index is 3.10. The number of ether oxygens (including phenoxy) is 1. The van der Waals surface area contributed by atoms with Crippen LogP contribution in [-0.2, 0) is 0 Å². The fourth-order valence-corrected chi connectivity index (χ4v) is 1.03. The normalized spacial score (nSPS) is 9.50. The van der Waals surface area contributed by atoms with Crippen LogP contribution in [0.1, 0.15) is 15.9 Å². The van der Waals surface area contributed by atoms with Gasteiger partial charge in [-0.2, -0.15) is 0 Å². The van der Waals surface area contributed by atoms with E-state index in [2.05, 4.69) is 0 Å². The molecule has 0 saturated carbocycles. The molecule has 60 valence electrons. The zero-order valence-electron chi connectivity index (χ0n) is 7.13. The van der Waals surface area contributed by atoms with Crippen molar-refractivity contribution in [3.63, 3.8) is 0 Å². The van der Waals surface area contributed by atoms with Crippen molar-refractivity contribution in [1.82, 2.24) is 0 Å². The van der Waals surface area contributed by atoms with Crippen LogP contribution < -0.4 is 4.74 Å². The first-order chi connectivity index (χ1) is 5.65. The molecule has 2 radical (unpaired) electrons. The quantitative estimate of drug-likeness (QED) is 0.609. The van der Waals surface area contributed by atoms with E-state index < -0.39 is 5.68 Å². The first-order valence-electron chi connectivity index (χ1n) is 3.59. The molecule has 12 heavy (non-hydrogen) atoms. The van der Waals surface area contributed by atoms with Gasteiger partial charge in [0, 0.05) is 5.56 Å². The van der Waals surface area contributed by atoms with E-state index in [9.17, 15) is 4.79 Å². The van der Waals surface area contributed by atoms with Crippen LogP contribution in [0.3, 0.4) is 0 Å². The first-order valence-corrected chi connectivity index (χ1v) is 3.59. The highest BCUT2D eigenvalue weighted by Crippen LogP contribution is 2.17. The van der Waals surface area contributed by atoms with Crippen LogP contribution in [0.15, 0.2) is 18.2 Å². The maximum absolute atomic E-state index is 10.7. The molecule has 0 aliphatic heterocycles. The lowest BCUT2D eigenvalue weighted by Crippen LogP contribution is -1.98. The Morgan fingerprint density at radius 2 is 2.17 bits per heavy atom. The molecule has 0 aliphatic rings. The fraction of sp³-hybridized carbons (Fsp3) is 0.222. The number of carbonyl (C=O) groups is 1. The first kappa shape index (κ1) is 8.85. The number of hydrogen-bond donors (Lipinski definition) is 0. The predicted octanol–water partition coefficient (Wildman–Crippen LogP) is 1.31. The van der Waals surface area contributed by atoms with Gasteiger partial charge in [0.15, 0.2) is 7.85 Å². The van der Waals surface area contributed by atoms with Gasteiger partial charge in [-0.25, -0.2) is 0 Å². The van der Waals surface area contributed by atoms with Gasteiger partial charge in [0.25, 0.3) is 0 Å². The number of benzene rings is 1. The third-order valence-electron chi connectivity index (χ3n) is 1.68. The summed E-state index contributed by atoms with van der Waals surface area (Å²) in [7, 11) is 6.68. The van der Waals surface area contributed by atoms with Gasteiger partial charge in [-0.15, -0.1) is 0 Å². The number of aryl methyl sites for hydroxylation is 1. The van der Waals surface area contributed by atoms with E-state index in [1.165, 1.54) is 0 Å². The van der Waals surface area contributed by atoms with Gasteiger partial charge in [-0.1, -0.05) is 0 Å². The Kier molecular flexibility index (Phi) is 2.53. The van der Waals surface area contributed by atoms with Crippen molar-refractivity contribution in [3.05, 3.63) is 29.3 Å². The van der Waals surface area contributed by atoms with Crippen molar-refractivity contribution < 1.29 is 9.53 Å². The van der Waals surface area contributed by atoms with E-state index in [4.69, 9.17) is 12.6 Å². The minimum absolute atomic E-state index is 0.416. The van der Waals surface area contributed by atoms with Crippen LogP contribution in [0.25, 0.3) is 0 Å². The van der Waals surface area contributed by atoms with Crippen LogP contribution in [-0.4, -0.2) is 20.6 Å². The molecule has 0 fully saturated rings. The molecule has 1 aromatic rings. The van der Waals surface area contributed by atoms with Crippen LogP contribution in [0, 0.1) is 6.92 Å². The summed E-state index contributed by atoms with van der Waals surface area (Å²) >= 11 is 0. The molecule has 0 bridgehead atoms. The SMILES string of the molecule is [B]C(=O)c1ccc(OC)c(C)c1. The van der Waals surface area contributed by atoms with Crippen molar-refractivity contribution in [2.45, 2.75) is 6.92 Å². The molecule has 0 N–H and O–H groups in total. The molecule has 0 heterocycles. The van der Waals surface area contributed by atoms with E-state index in [0.29, 0.717) is 5.56 Å². The summed E-state index contributed by atoms with van der Waals surface area (Å²) in [5, 5.41) is 0. The Morgan fingerprint density at radius 3 is 2.58 bits per heavy atom. The van der Waals surface area contributed by atoms with Gasteiger partial charge in [-0.3, -0.25) is 0 Å². The highest BCUT2D eigenvalue weighted by atomic mass is 16.5. The van der Waals surface area contributed by atoms with Gasteiger partial charge in [0.1, 0.15) is 11.4 Å². The molecule has 0 amide bonds. The molecule has 0 atom stereocenters. The van der Waals surface area contributed by atoms with Crippen molar-refractivity contribution in [3.8, 4) is 5.75 Å². The summed E-state index contributed by atoms with van der Waals surface area (Å²) in [5.41, 5.74) is 1.00. The minimum atomic E-state index is -0.416. The van der Waals surface area contributed by atoms with Crippen LogP contribution in [0.4, 0.5) is 0 Å². The topological polar surface area (TPSA) is 26.3 Å². The Morgan fingerprint density at radius 1 is 1.50 bits per heavy atom. The average Bonchev–Trinajstić information content (AvgIpc) is 2.04. The molecule has 0 unspecified atom stereocenters. The molecule has 0 aromatic heterocycles. The van der Waals surface area contributed by atoms with E-state index >= 15 is 0 Å². The largest absolute Gasteiger partial charge is 0.496 e. The second-order valence-electron chi connectivity index (χ2n) is 2.55. The third kappa shape index (κ3) is 1.67. The monoisotopic (exact) mass is 160 g/mol. The van der Waals surface area contributed by atoms with Gasteiger partial charge >= 0.3 is 0 Å². The summed E-state index contributed by atoms with van der Waals surface area (Å²) in [5.74, 6) is 0.764. The van der Waals surface area contributed by atoms with Crippen LogP contribution >= 0.6 is 0 Å². The summed E-state index contributed by atoms with van der Waals surface area (Å²) in [6.07, 6.45) is 0. The second kappa shape index (κ2) is 3.43. The lowest BCUT2D eigenvalue weighted by molar-refractivity contribution is 0.108. The molecule has 1 aromatic carbocycles. The molecule has 1 rings (SSSR count). The molecule has 2 nitrogen and oxygen atoms in total. The Bertz CT molecular complexity index is 307. The highest BCUT2D eigenvalue weighted by molar-refractivity contribution is 6.62. The van der Waals surface area contributed by atoms with Crippen LogP contribution in [0.2, 0.25) is 0 Å². The molecule has 0 spiro atoms. The maximum Gasteiger partial charge on any atom is 0.175 e. The summed E-state index contributed by atoms with van der Waals surface area (Å²) < 4.78 is 5.03. The van der Waals surface area contributed by atoms with E-state index in [0.717, 1.165) is 11.3 Å². The Hall–Kier alpha value is -1.25. The lowest BCUT2D eigenvalue weighted by atomic mass is 9.93. The second-order valence-corrected chi connectivity index (χ2v) is 2.55. The number of carbonyl (C=O) groups excluding carboxylic acids is 1. The Labute approximate surface area is 73.0 Å². The minimum Gasteiger partial charge on any atom is -0.496 e. The van der Waals surface area contributed by atoms with Crippen molar-refractivity contribution in [2.75, 3.05) is 7.11 Å². The number of hydrogen-bond acceptors (Lipinski definition) is 2. The van der Waals surface area contributed by atoms with Gasteiger partial charge in [-0.05, 0) is 30.7 Å². The zero-order valence-corrected chi connectivity index (χ0v) is 7.13. The zero-order chi connectivity index (χ0) is 9.14. The highest BCUT2D eigenvalue weighted by Gasteiger charge is 2.01. The maximum atomic E-state index is 10.7. The summed E-state index contributed by atoms with van der Waals surface area (Å²) in [6, 6.07) is 5.09.